The van der Waals surface area contributed by atoms with Gasteiger partial charge in [-0.2, -0.15) is 4.98 Å². The lowest BCUT2D eigenvalue weighted by molar-refractivity contribution is -0.118. The molecular weight excluding hydrogens is 452 g/mol. The van der Waals surface area contributed by atoms with Gasteiger partial charge in [-0.15, -0.1) is 0 Å². The number of hydrogen-bond acceptors (Lipinski definition) is 8. The second kappa shape index (κ2) is 11.6. The first kappa shape index (κ1) is 25.9. The third kappa shape index (κ3) is 6.04. The number of methoxy groups -OCH3 is 1. The van der Waals surface area contributed by atoms with Gasteiger partial charge in [-0.1, -0.05) is 50.2 Å². The van der Waals surface area contributed by atoms with Gasteiger partial charge < -0.3 is 19.9 Å². The number of nitrogen functional groups attached to an aromatic ring is 1. The highest BCUT2D eigenvalue weighted by molar-refractivity contribution is 5.95. The second-order valence-electron chi connectivity index (χ2n) is 8.47. The summed E-state index contributed by atoms with van der Waals surface area (Å²) < 4.78 is 11.7. The van der Waals surface area contributed by atoms with Crippen LogP contribution < -0.4 is 21.9 Å². The summed E-state index contributed by atoms with van der Waals surface area (Å²) >= 11 is 0. The van der Waals surface area contributed by atoms with Gasteiger partial charge in [-0.25, -0.2) is 4.79 Å². The average molecular weight is 485 g/mol. The minimum Gasteiger partial charge on any atom is -0.383 e. The quantitative estimate of drug-likeness (QED) is 0.421. The normalized spacial score (nSPS) is 11.2. The zero-order valence-corrected chi connectivity index (χ0v) is 20.5. The van der Waals surface area contributed by atoms with Crippen molar-refractivity contribution in [3.8, 4) is 11.4 Å². The van der Waals surface area contributed by atoms with E-state index in [0.717, 1.165) is 5.56 Å². The number of anilines is 2. The Hall–Kier alpha value is -3.73. The standard InChI is InChI=1S/C24H32N6O5/c1-5-12-30-21(25)20(23(32)27-24(30)33)29(13-14-34-4)19(31)11-10-18-26-22(28-35-18)17-8-6-16(7-9-17)15(2)3/h6-9,15H,5,10-14,25H2,1-4H3,(H,27,32,33). The molecule has 0 atom stereocenters. The predicted molar refractivity (Wildman–Crippen MR) is 132 cm³/mol. The van der Waals surface area contributed by atoms with Gasteiger partial charge in [0.25, 0.3) is 5.56 Å². The van der Waals surface area contributed by atoms with E-state index in [9.17, 15) is 14.4 Å². The Morgan fingerprint density at radius 3 is 2.60 bits per heavy atom. The summed E-state index contributed by atoms with van der Waals surface area (Å²) in [6.07, 6.45) is 0.788. The van der Waals surface area contributed by atoms with Gasteiger partial charge in [0.15, 0.2) is 5.69 Å². The van der Waals surface area contributed by atoms with Crippen LogP contribution in [0, 0.1) is 0 Å². The smallest absolute Gasteiger partial charge is 0.330 e. The fraction of sp³-hybridized carbons (Fsp3) is 0.458. The molecule has 11 heteroatoms. The van der Waals surface area contributed by atoms with Gasteiger partial charge in [-0.3, -0.25) is 19.1 Å². The van der Waals surface area contributed by atoms with E-state index in [4.69, 9.17) is 15.0 Å². The number of carbonyl (C=O) groups is 1. The van der Waals surface area contributed by atoms with Gasteiger partial charge in [-0.05, 0) is 17.9 Å². The molecule has 0 aliphatic carbocycles. The zero-order chi connectivity index (χ0) is 25.5. The van der Waals surface area contributed by atoms with Crippen LogP contribution in [-0.4, -0.2) is 45.9 Å². The van der Waals surface area contributed by atoms with E-state index in [1.807, 2.05) is 31.2 Å². The molecule has 0 bridgehead atoms. The molecule has 3 aromatic rings. The van der Waals surface area contributed by atoms with Crippen molar-refractivity contribution in [3.05, 3.63) is 56.6 Å². The number of rotatable bonds is 11. The van der Waals surface area contributed by atoms with Crippen LogP contribution >= 0.6 is 0 Å². The van der Waals surface area contributed by atoms with E-state index in [2.05, 4.69) is 29.0 Å². The highest BCUT2D eigenvalue weighted by Crippen LogP contribution is 2.22. The molecule has 35 heavy (non-hydrogen) atoms. The summed E-state index contributed by atoms with van der Waals surface area (Å²) in [5, 5.41) is 4.02. The number of nitrogens with one attached hydrogen (secondary N) is 1. The summed E-state index contributed by atoms with van der Waals surface area (Å²) in [5.41, 5.74) is 6.76. The number of hydrogen-bond donors (Lipinski definition) is 2. The minimum absolute atomic E-state index is 0.0105. The first-order valence-electron chi connectivity index (χ1n) is 11.6. The lowest BCUT2D eigenvalue weighted by Crippen LogP contribution is -2.42. The highest BCUT2D eigenvalue weighted by Gasteiger charge is 2.24. The Kier molecular flexibility index (Phi) is 8.58. The Bertz CT molecular complexity index is 1260. The molecular formula is C24H32N6O5. The van der Waals surface area contributed by atoms with E-state index in [1.54, 1.807) is 0 Å². The average Bonchev–Trinajstić information content (AvgIpc) is 3.31. The number of aromatic amines is 1. The summed E-state index contributed by atoms with van der Waals surface area (Å²) in [6, 6.07) is 7.91. The number of H-pyrrole nitrogens is 1. The first-order chi connectivity index (χ1) is 16.8. The number of carbonyl (C=O) groups excluding carboxylic acids is 1. The molecule has 0 saturated heterocycles. The Labute approximate surface area is 202 Å². The lowest BCUT2D eigenvalue weighted by Gasteiger charge is -2.24. The molecule has 0 fully saturated rings. The van der Waals surface area contributed by atoms with E-state index in [1.165, 1.54) is 22.1 Å². The molecule has 0 spiro atoms. The van der Waals surface area contributed by atoms with Crippen LogP contribution in [0.15, 0.2) is 38.4 Å². The highest BCUT2D eigenvalue weighted by atomic mass is 16.5. The van der Waals surface area contributed by atoms with Crippen molar-refractivity contribution in [3.63, 3.8) is 0 Å². The Balaban J connectivity index is 1.79. The molecule has 1 amide bonds. The SMILES string of the molecule is CCCn1c(N)c(N(CCOC)C(=O)CCc2nc(-c3ccc(C(C)C)cc3)no2)c(=O)[nH]c1=O. The summed E-state index contributed by atoms with van der Waals surface area (Å²) in [7, 11) is 1.49. The van der Waals surface area contributed by atoms with E-state index in [0.29, 0.717) is 30.6 Å². The minimum atomic E-state index is -0.728. The molecule has 3 N–H and O–H groups in total. The van der Waals surface area contributed by atoms with E-state index < -0.39 is 11.2 Å². The molecule has 0 radical (unpaired) electrons. The van der Waals surface area contributed by atoms with Crippen molar-refractivity contribution in [2.75, 3.05) is 30.9 Å². The number of nitrogens with two attached hydrogens (primary N) is 1. The van der Waals surface area contributed by atoms with Crippen LogP contribution in [0.2, 0.25) is 0 Å². The van der Waals surface area contributed by atoms with E-state index >= 15 is 0 Å². The number of amides is 1. The number of aromatic nitrogens is 4. The van der Waals surface area contributed by atoms with Crippen molar-refractivity contribution in [1.29, 1.82) is 0 Å². The van der Waals surface area contributed by atoms with Crippen LogP contribution in [0.4, 0.5) is 11.5 Å². The third-order valence-corrected chi connectivity index (χ3v) is 5.61. The fourth-order valence-corrected chi connectivity index (χ4v) is 3.67. The van der Waals surface area contributed by atoms with Crippen molar-refractivity contribution in [1.82, 2.24) is 19.7 Å². The van der Waals surface area contributed by atoms with E-state index in [-0.39, 0.29) is 43.4 Å². The summed E-state index contributed by atoms with van der Waals surface area (Å²) in [5.74, 6) is 0.702. The molecule has 2 heterocycles. The Morgan fingerprint density at radius 2 is 1.97 bits per heavy atom. The monoisotopic (exact) mass is 484 g/mol. The van der Waals surface area contributed by atoms with Gasteiger partial charge in [0.05, 0.1) is 6.61 Å². The fourth-order valence-electron chi connectivity index (χ4n) is 3.67. The van der Waals surface area contributed by atoms with Crippen molar-refractivity contribution in [2.45, 2.75) is 52.5 Å². The maximum atomic E-state index is 13.1. The predicted octanol–water partition coefficient (Wildman–Crippen LogP) is 2.31. The molecule has 2 aromatic heterocycles. The van der Waals surface area contributed by atoms with Gasteiger partial charge in [0.2, 0.25) is 17.6 Å². The number of ether oxygens (including phenoxy) is 1. The summed E-state index contributed by atoms with van der Waals surface area (Å²) in [6.45, 7) is 6.69. The number of nitrogens with zero attached hydrogens (tertiary/aromatic N) is 4. The second-order valence-corrected chi connectivity index (χ2v) is 8.47. The van der Waals surface area contributed by atoms with Crippen molar-refractivity contribution < 1.29 is 14.1 Å². The Morgan fingerprint density at radius 1 is 1.26 bits per heavy atom. The van der Waals surface area contributed by atoms with Crippen LogP contribution in [0.5, 0.6) is 0 Å². The molecule has 188 valence electrons. The van der Waals surface area contributed by atoms with Crippen LogP contribution in [0.25, 0.3) is 11.4 Å². The van der Waals surface area contributed by atoms with Crippen LogP contribution in [0.3, 0.4) is 0 Å². The molecule has 3 rings (SSSR count). The first-order valence-corrected chi connectivity index (χ1v) is 11.6. The third-order valence-electron chi connectivity index (χ3n) is 5.61. The van der Waals surface area contributed by atoms with Crippen LogP contribution in [0.1, 0.15) is 51.0 Å². The molecule has 11 nitrogen and oxygen atoms in total. The topological polar surface area (TPSA) is 149 Å². The van der Waals surface area contributed by atoms with Gasteiger partial charge in [0.1, 0.15) is 5.82 Å². The van der Waals surface area contributed by atoms with Crippen LogP contribution in [-0.2, 0) is 22.5 Å². The van der Waals surface area contributed by atoms with Crippen molar-refractivity contribution in [2.24, 2.45) is 0 Å². The molecule has 1 aromatic carbocycles. The van der Waals surface area contributed by atoms with Gasteiger partial charge >= 0.3 is 5.69 Å². The molecule has 0 unspecified atom stereocenters. The maximum absolute atomic E-state index is 13.1. The maximum Gasteiger partial charge on any atom is 0.330 e. The number of benzene rings is 1. The zero-order valence-electron chi connectivity index (χ0n) is 20.5. The number of aryl methyl sites for hydroxylation is 1. The molecule has 0 saturated carbocycles. The summed E-state index contributed by atoms with van der Waals surface area (Å²) in [4.78, 5) is 45.8. The molecule has 0 aliphatic heterocycles. The van der Waals surface area contributed by atoms with Crippen molar-refractivity contribution >= 4 is 17.4 Å². The lowest BCUT2D eigenvalue weighted by atomic mass is 10.0. The van der Waals surface area contributed by atoms with Gasteiger partial charge in [0, 0.05) is 38.6 Å². The largest absolute Gasteiger partial charge is 0.383 e. The molecule has 0 aliphatic rings.